The second-order valence-electron chi connectivity index (χ2n) is 5.55. The Morgan fingerprint density at radius 1 is 1.38 bits per heavy atom. The Bertz CT molecular complexity index is 470. The lowest BCUT2D eigenvalue weighted by atomic mass is 10.0. The molecule has 0 spiro atoms. The number of carbonyl (C=O) groups is 1. The molecule has 116 valence electrons. The fourth-order valence-corrected chi connectivity index (χ4v) is 2.91. The topological polar surface area (TPSA) is 55.8 Å². The summed E-state index contributed by atoms with van der Waals surface area (Å²) in [5.74, 6) is 0.00329. The average molecular weight is 291 g/mol. The van der Waals surface area contributed by atoms with Crippen LogP contribution in [0.25, 0.3) is 0 Å². The monoisotopic (exact) mass is 291 g/mol. The number of rotatable bonds is 5. The standard InChI is InChI=1S/C16H25N3O2/c1-17-15-6-4-3-5-14(15)16(21)19(11-12-20)13-7-9-18(2)10-8-13/h3-6,13,17,20H,7-12H2,1-2H3. The van der Waals surface area contributed by atoms with E-state index in [2.05, 4.69) is 17.3 Å². The highest BCUT2D eigenvalue weighted by Crippen LogP contribution is 2.22. The molecule has 0 aliphatic carbocycles. The Morgan fingerprint density at radius 3 is 2.67 bits per heavy atom. The maximum atomic E-state index is 12.9. The lowest BCUT2D eigenvalue weighted by molar-refractivity contribution is 0.0541. The summed E-state index contributed by atoms with van der Waals surface area (Å²) < 4.78 is 0. The fraction of sp³-hybridized carbons (Fsp3) is 0.562. The molecule has 0 aromatic heterocycles. The minimum absolute atomic E-state index is 0.000199. The van der Waals surface area contributed by atoms with Gasteiger partial charge in [-0.25, -0.2) is 0 Å². The van der Waals surface area contributed by atoms with E-state index in [-0.39, 0.29) is 18.6 Å². The van der Waals surface area contributed by atoms with Crippen molar-refractivity contribution in [3.63, 3.8) is 0 Å². The summed E-state index contributed by atoms with van der Waals surface area (Å²) in [6.45, 7) is 2.38. The van der Waals surface area contributed by atoms with Gasteiger partial charge in [0, 0.05) is 25.3 Å². The van der Waals surface area contributed by atoms with Crippen molar-refractivity contribution in [3.8, 4) is 0 Å². The fourth-order valence-electron chi connectivity index (χ4n) is 2.91. The molecule has 1 aliphatic heterocycles. The zero-order valence-corrected chi connectivity index (χ0v) is 12.9. The number of aliphatic hydroxyl groups is 1. The molecule has 0 bridgehead atoms. The van der Waals surface area contributed by atoms with Crippen LogP contribution in [0.1, 0.15) is 23.2 Å². The average Bonchev–Trinajstić information content (AvgIpc) is 2.53. The number of amides is 1. The molecule has 5 heteroatoms. The number of anilines is 1. The van der Waals surface area contributed by atoms with Crippen molar-refractivity contribution in [1.29, 1.82) is 0 Å². The number of para-hydroxylation sites is 1. The molecule has 21 heavy (non-hydrogen) atoms. The van der Waals surface area contributed by atoms with Crippen LogP contribution in [0.2, 0.25) is 0 Å². The second kappa shape index (κ2) is 7.43. The molecular weight excluding hydrogens is 266 g/mol. The van der Waals surface area contributed by atoms with E-state index in [9.17, 15) is 9.90 Å². The number of nitrogens with one attached hydrogen (secondary N) is 1. The van der Waals surface area contributed by atoms with Gasteiger partial charge in [-0.05, 0) is 45.1 Å². The van der Waals surface area contributed by atoms with Gasteiger partial charge in [-0.2, -0.15) is 0 Å². The van der Waals surface area contributed by atoms with Crippen LogP contribution in [0.4, 0.5) is 5.69 Å². The molecule has 1 aliphatic rings. The molecule has 1 heterocycles. The molecule has 0 radical (unpaired) electrons. The number of piperidine rings is 1. The molecule has 1 amide bonds. The van der Waals surface area contributed by atoms with Gasteiger partial charge in [0.15, 0.2) is 0 Å². The van der Waals surface area contributed by atoms with Gasteiger partial charge in [0.2, 0.25) is 0 Å². The van der Waals surface area contributed by atoms with Gasteiger partial charge in [0.1, 0.15) is 0 Å². The first-order valence-corrected chi connectivity index (χ1v) is 7.54. The lowest BCUT2D eigenvalue weighted by Gasteiger charge is -2.37. The SMILES string of the molecule is CNc1ccccc1C(=O)N(CCO)C1CCN(C)CC1. The van der Waals surface area contributed by atoms with Crippen molar-refractivity contribution >= 4 is 11.6 Å². The molecule has 2 rings (SSSR count). The van der Waals surface area contributed by atoms with E-state index in [0.29, 0.717) is 12.1 Å². The largest absolute Gasteiger partial charge is 0.395 e. The summed E-state index contributed by atoms with van der Waals surface area (Å²) in [4.78, 5) is 17.0. The molecule has 1 aromatic rings. The Hall–Kier alpha value is -1.59. The van der Waals surface area contributed by atoms with E-state index in [1.54, 1.807) is 0 Å². The molecule has 5 nitrogen and oxygen atoms in total. The highest BCUT2D eigenvalue weighted by molar-refractivity contribution is 5.99. The summed E-state index contributed by atoms with van der Waals surface area (Å²) in [6.07, 6.45) is 1.92. The first-order chi connectivity index (χ1) is 10.2. The number of aliphatic hydroxyl groups excluding tert-OH is 1. The van der Waals surface area contributed by atoms with Crippen LogP contribution >= 0.6 is 0 Å². The van der Waals surface area contributed by atoms with E-state index in [1.807, 2.05) is 36.2 Å². The van der Waals surface area contributed by atoms with Crippen LogP contribution in [-0.4, -0.2) is 67.2 Å². The smallest absolute Gasteiger partial charge is 0.256 e. The number of likely N-dealkylation sites (tertiary alicyclic amines) is 1. The van der Waals surface area contributed by atoms with E-state index in [1.165, 1.54) is 0 Å². The van der Waals surface area contributed by atoms with Gasteiger partial charge >= 0.3 is 0 Å². The van der Waals surface area contributed by atoms with E-state index in [0.717, 1.165) is 31.6 Å². The summed E-state index contributed by atoms with van der Waals surface area (Å²) in [5, 5.41) is 12.4. The van der Waals surface area contributed by atoms with Gasteiger partial charge in [0.25, 0.3) is 5.91 Å². The van der Waals surface area contributed by atoms with Gasteiger partial charge in [-0.3, -0.25) is 4.79 Å². The van der Waals surface area contributed by atoms with E-state index < -0.39 is 0 Å². The highest BCUT2D eigenvalue weighted by atomic mass is 16.3. The van der Waals surface area contributed by atoms with Crippen molar-refractivity contribution in [3.05, 3.63) is 29.8 Å². The maximum Gasteiger partial charge on any atom is 0.256 e. The number of hydrogen-bond acceptors (Lipinski definition) is 4. The summed E-state index contributed by atoms with van der Waals surface area (Å²) in [6, 6.07) is 7.74. The number of benzene rings is 1. The van der Waals surface area contributed by atoms with Gasteiger partial charge in [-0.1, -0.05) is 12.1 Å². The van der Waals surface area contributed by atoms with Crippen molar-refractivity contribution in [2.75, 3.05) is 45.7 Å². The number of nitrogens with zero attached hydrogens (tertiary/aromatic N) is 2. The third kappa shape index (κ3) is 3.74. The Balaban J connectivity index is 2.19. The molecule has 0 unspecified atom stereocenters. The van der Waals surface area contributed by atoms with E-state index in [4.69, 9.17) is 0 Å². The molecule has 0 atom stereocenters. The summed E-state index contributed by atoms with van der Waals surface area (Å²) in [7, 11) is 3.92. The van der Waals surface area contributed by atoms with Crippen LogP contribution in [0.5, 0.6) is 0 Å². The zero-order valence-electron chi connectivity index (χ0n) is 12.9. The molecule has 0 saturated carbocycles. The first kappa shape index (κ1) is 15.8. The van der Waals surface area contributed by atoms with Crippen molar-refractivity contribution in [2.45, 2.75) is 18.9 Å². The Kier molecular flexibility index (Phi) is 5.59. The third-order valence-corrected chi connectivity index (χ3v) is 4.16. The molecule has 1 fully saturated rings. The third-order valence-electron chi connectivity index (χ3n) is 4.16. The molecule has 2 N–H and O–H groups in total. The molecular formula is C16H25N3O2. The first-order valence-electron chi connectivity index (χ1n) is 7.54. The second-order valence-corrected chi connectivity index (χ2v) is 5.55. The van der Waals surface area contributed by atoms with Gasteiger partial charge in [-0.15, -0.1) is 0 Å². The predicted molar refractivity (Wildman–Crippen MR) is 84.6 cm³/mol. The minimum Gasteiger partial charge on any atom is -0.395 e. The van der Waals surface area contributed by atoms with Crippen LogP contribution in [0.15, 0.2) is 24.3 Å². The highest BCUT2D eigenvalue weighted by Gasteiger charge is 2.28. The van der Waals surface area contributed by atoms with Crippen LogP contribution < -0.4 is 5.32 Å². The quantitative estimate of drug-likeness (QED) is 0.857. The van der Waals surface area contributed by atoms with Crippen LogP contribution in [0, 0.1) is 0 Å². The summed E-state index contributed by atoms with van der Waals surface area (Å²) >= 11 is 0. The van der Waals surface area contributed by atoms with Crippen molar-refractivity contribution in [2.24, 2.45) is 0 Å². The normalized spacial score (nSPS) is 16.7. The van der Waals surface area contributed by atoms with Crippen LogP contribution in [-0.2, 0) is 0 Å². The molecule has 1 saturated heterocycles. The number of carbonyl (C=O) groups excluding carboxylic acids is 1. The van der Waals surface area contributed by atoms with Gasteiger partial charge < -0.3 is 20.2 Å². The van der Waals surface area contributed by atoms with Gasteiger partial charge in [0.05, 0.1) is 12.2 Å². The Morgan fingerprint density at radius 2 is 2.05 bits per heavy atom. The van der Waals surface area contributed by atoms with Crippen molar-refractivity contribution < 1.29 is 9.90 Å². The number of hydrogen-bond donors (Lipinski definition) is 2. The summed E-state index contributed by atoms with van der Waals surface area (Å²) in [5.41, 5.74) is 1.51. The maximum absolute atomic E-state index is 12.9. The minimum atomic E-state index is -0.000199. The van der Waals surface area contributed by atoms with Crippen molar-refractivity contribution in [1.82, 2.24) is 9.80 Å². The van der Waals surface area contributed by atoms with Crippen LogP contribution in [0.3, 0.4) is 0 Å². The molecule has 1 aromatic carbocycles. The van der Waals surface area contributed by atoms with E-state index >= 15 is 0 Å². The lowest BCUT2D eigenvalue weighted by Crippen LogP contribution is -2.47. The predicted octanol–water partition coefficient (Wildman–Crippen LogP) is 1.26. The zero-order chi connectivity index (χ0) is 15.2. The Labute approximate surface area is 126 Å².